The predicted octanol–water partition coefficient (Wildman–Crippen LogP) is 2.02. The fourth-order valence-electron chi connectivity index (χ4n) is 2.21. The molecule has 0 spiro atoms. The van der Waals surface area contributed by atoms with Crippen LogP contribution in [0.25, 0.3) is 0 Å². The molecule has 0 N–H and O–H groups in total. The lowest BCUT2D eigenvalue weighted by molar-refractivity contribution is -0.754. The number of aromatic nitrogens is 4. The average molecular weight is 486 g/mol. The molecule has 0 saturated heterocycles. The molecule has 0 amide bonds. The summed E-state index contributed by atoms with van der Waals surface area (Å²) in [7, 11) is 4.20. The van der Waals surface area contributed by atoms with Crippen molar-refractivity contribution in [2.24, 2.45) is 14.1 Å². The second-order valence-corrected chi connectivity index (χ2v) is 7.31. The first-order chi connectivity index (χ1) is 9.06. The van der Waals surface area contributed by atoms with Crippen LogP contribution in [0.3, 0.4) is 0 Å². The van der Waals surface area contributed by atoms with Crippen LogP contribution in [0.4, 0.5) is 0 Å². The molecule has 0 saturated carbocycles. The Hall–Kier alpha value is -0.120. The van der Waals surface area contributed by atoms with E-state index in [4.69, 9.17) is 0 Å². The highest BCUT2D eigenvalue weighted by Gasteiger charge is 2.08. The van der Waals surface area contributed by atoms with E-state index in [1.807, 2.05) is 0 Å². The Morgan fingerprint density at radius 3 is 1.58 bits per heavy atom. The van der Waals surface area contributed by atoms with Gasteiger partial charge in [0.1, 0.15) is 7.14 Å². The normalized spacial score (nSPS) is 11.2. The summed E-state index contributed by atoms with van der Waals surface area (Å²) in [5.41, 5.74) is 0. The summed E-state index contributed by atoms with van der Waals surface area (Å²) in [6.07, 6.45) is 12.5. The summed E-state index contributed by atoms with van der Waals surface area (Å²) in [6, 6.07) is 0. The third-order valence-corrected chi connectivity index (χ3v) is 4.36. The number of hydrogen-bond acceptors (Lipinski definition) is 0. The Kier molecular flexibility index (Phi) is 5.67. The Bertz CT molecular complexity index is 497. The molecule has 6 heteroatoms. The molecule has 0 aromatic carbocycles. The van der Waals surface area contributed by atoms with Gasteiger partial charge in [-0.1, -0.05) is 0 Å². The minimum absolute atomic E-state index is 1.11. The quantitative estimate of drug-likeness (QED) is 0.338. The zero-order valence-corrected chi connectivity index (χ0v) is 15.7. The van der Waals surface area contributed by atoms with Crippen LogP contribution >= 0.6 is 45.2 Å². The first kappa shape index (κ1) is 15.3. The monoisotopic (exact) mass is 486 g/mol. The highest BCUT2D eigenvalue weighted by Crippen LogP contribution is 2.05. The topological polar surface area (TPSA) is 17.6 Å². The molecule has 19 heavy (non-hydrogen) atoms. The van der Waals surface area contributed by atoms with E-state index in [9.17, 15) is 0 Å². The van der Waals surface area contributed by atoms with Crippen LogP contribution in [0, 0.1) is 7.14 Å². The minimum Gasteiger partial charge on any atom is -0.160 e. The highest BCUT2D eigenvalue weighted by molar-refractivity contribution is 14.1. The smallest absolute Gasteiger partial charge is 0.160 e. The summed E-state index contributed by atoms with van der Waals surface area (Å²) in [4.78, 5) is 0. The van der Waals surface area contributed by atoms with Crippen molar-refractivity contribution in [1.82, 2.24) is 9.36 Å². The van der Waals surface area contributed by atoms with E-state index in [-0.39, 0.29) is 0 Å². The van der Waals surface area contributed by atoms with E-state index < -0.39 is 0 Å². The van der Waals surface area contributed by atoms with Crippen molar-refractivity contribution in [3.05, 3.63) is 31.9 Å². The Labute approximate surface area is 141 Å². The summed E-state index contributed by atoms with van der Waals surface area (Å²) < 4.78 is 11.5. The van der Waals surface area contributed by atoms with Crippen molar-refractivity contribution in [1.29, 1.82) is 0 Å². The lowest BCUT2D eigenvalue weighted by Gasteiger charge is -2.01. The fraction of sp³-hybridized carbons (Fsp3) is 0.538. The molecule has 0 fully saturated rings. The van der Waals surface area contributed by atoms with E-state index in [0.717, 1.165) is 13.1 Å². The largest absolute Gasteiger partial charge is 0.208 e. The molecule has 0 atom stereocenters. The van der Waals surface area contributed by atoms with E-state index in [2.05, 4.69) is 103 Å². The van der Waals surface area contributed by atoms with Crippen molar-refractivity contribution in [2.75, 3.05) is 0 Å². The van der Waals surface area contributed by atoms with Crippen molar-refractivity contribution < 1.29 is 9.36 Å². The van der Waals surface area contributed by atoms with E-state index in [1.54, 1.807) is 0 Å². The summed E-state index contributed by atoms with van der Waals surface area (Å²) in [5.74, 6) is 0. The van der Waals surface area contributed by atoms with Gasteiger partial charge in [-0.15, -0.1) is 9.36 Å². The number of unbranched alkanes of at least 4 members (excludes halogenated alkanes) is 2. The van der Waals surface area contributed by atoms with Gasteiger partial charge >= 0.3 is 0 Å². The Balaban J connectivity index is 1.70. The van der Waals surface area contributed by atoms with Crippen molar-refractivity contribution in [3.63, 3.8) is 0 Å². The Morgan fingerprint density at radius 2 is 1.26 bits per heavy atom. The van der Waals surface area contributed by atoms with Crippen molar-refractivity contribution in [3.8, 4) is 0 Å². The zero-order chi connectivity index (χ0) is 13.8. The van der Waals surface area contributed by atoms with Gasteiger partial charge < -0.3 is 0 Å². The molecule has 0 aliphatic heterocycles. The van der Waals surface area contributed by atoms with Crippen LogP contribution in [0.5, 0.6) is 0 Å². The number of hydrogen-bond donors (Lipinski definition) is 0. The molecule has 0 aliphatic rings. The second kappa shape index (κ2) is 7.05. The van der Waals surface area contributed by atoms with Gasteiger partial charge in [0.25, 0.3) is 0 Å². The van der Waals surface area contributed by atoms with Crippen LogP contribution in [-0.4, -0.2) is 9.36 Å². The molecule has 2 heterocycles. The lowest BCUT2D eigenvalue weighted by Crippen LogP contribution is -2.38. The SMILES string of the molecule is C[n+]1cc(I)cn1CCCCCn1cc(I)c[n+]1C. The van der Waals surface area contributed by atoms with Gasteiger partial charge in [-0.3, -0.25) is 0 Å². The maximum absolute atomic E-state index is 2.36. The minimum atomic E-state index is 1.11. The first-order valence-electron chi connectivity index (χ1n) is 6.49. The molecule has 4 nitrogen and oxygen atoms in total. The maximum atomic E-state index is 2.36. The molecular weight excluding hydrogens is 466 g/mol. The average Bonchev–Trinajstić information content (AvgIpc) is 2.81. The molecule has 0 aliphatic carbocycles. The van der Waals surface area contributed by atoms with Crippen molar-refractivity contribution in [2.45, 2.75) is 32.4 Å². The van der Waals surface area contributed by atoms with Gasteiger partial charge in [0.2, 0.25) is 12.4 Å². The zero-order valence-electron chi connectivity index (χ0n) is 11.4. The van der Waals surface area contributed by atoms with Crippen LogP contribution in [0.1, 0.15) is 19.3 Å². The maximum Gasteiger partial charge on any atom is 0.208 e. The lowest BCUT2D eigenvalue weighted by atomic mass is 10.2. The molecule has 2 aromatic heterocycles. The van der Waals surface area contributed by atoms with Gasteiger partial charge in [0.05, 0.1) is 25.5 Å². The molecule has 0 radical (unpaired) electrons. The van der Waals surface area contributed by atoms with E-state index in [0.29, 0.717) is 0 Å². The Morgan fingerprint density at radius 1 is 0.842 bits per heavy atom. The predicted molar refractivity (Wildman–Crippen MR) is 90.5 cm³/mol. The fourth-order valence-corrected chi connectivity index (χ4v) is 3.66. The molecule has 2 aromatic rings. The third kappa shape index (κ3) is 4.44. The van der Waals surface area contributed by atoms with Crippen LogP contribution < -0.4 is 9.36 Å². The van der Waals surface area contributed by atoms with Gasteiger partial charge in [0, 0.05) is 0 Å². The van der Waals surface area contributed by atoms with Crippen molar-refractivity contribution >= 4 is 45.2 Å². The summed E-state index contributed by atoms with van der Waals surface area (Å²) >= 11 is 4.72. The third-order valence-electron chi connectivity index (χ3n) is 3.25. The van der Waals surface area contributed by atoms with Crippen LogP contribution in [0.2, 0.25) is 0 Å². The van der Waals surface area contributed by atoms with Crippen LogP contribution in [-0.2, 0) is 27.2 Å². The standard InChI is InChI=1S/C13H20I2N4/c1-16-8-12(14)10-18(16)6-4-3-5-7-19-11-13(15)9-17(19)2/h8-11H,3-7H2,1-2H3/q+2. The first-order valence-corrected chi connectivity index (χ1v) is 8.65. The summed E-state index contributed by atoms with van der Waals surface area (Å²) in [6.45, 7) is 2.21. The summed E-state index contributed by atoms with van der Waals surface area (Å²) in [5, 5.41) is 0. The van der Waals surface area contributed by atoms with Gasteiger partial charge in [-0.25, -0.2) is 0 Å². The molecule has 0 unspecified atom stereocenters. The number of nitrogens with zero attached hydrogens (tertiary/aromatic N) is 4. The molecule has 0 bridgehead atoms. The van der Waals surface area contributed by atoms with Gasteiger partial charge in [-0.2, -0.15) is 9.36 Å². The highest BCUT2D eigenvalue weighted by atomic mass is 127. The van der Waals surface area contributed by atoms with E-state index >= 15 is 0 Å². The molecular formula is C13H20I2N4+2. The number of halogens is 2. The second-order valence-electron chi connectivity index (χ2n) is 4.82. The molecule has 2 rings (SSSR count). The van der Waals surface area contributed by atoms with Gasteiger partial charge in [-0.05, 0) is 64.4 Å². The number of rotatable bonds is 6. The molecule has 104 valence electrons. The van der Waals surface area contributed by atoms with Gasteiger partial charge in [0.15, 0.2) is 14.1 Å². The number of aryl methyl sites for hydroxylation is 4. The van der Waals surface area contributed by atoms with Crippen LogP contribution in [0.15, 0.2) is 24.8 Å². The van der Waals surface area contributed by atoms with E-state index in [1.165, 1.54) is 26.4 Å².